The zero-order valence-corrected chi connectivity index (χ0v) is 7.49. The average Bonchev–Trinajstić information content (AvgIpc) is 2.59. The second-order valence-electron chi connectivity index (χ2n) is 3.00. The highest BCUT2D eigenvalue weighted by Gasteiger charge is 2.34. The lowest BCUT2D eigenvalue weighted by atomic mass is 10.3. The molecule has 0 aliphatic carbocycles. The number of hydrogen-bond acceptors (Lipinski definition) is 3. The Kier molecular flexibility index (Phi) is 2.11. The minimum atomic E-state index is -4.45. The van der Waals surface area contributed by atoms with Gasteiger partial charge in [-0.1, -0.05) is 0 Å². The van der Waals surface area contributed by atoms with Crippen molar-refractivity contribution in [2.45, 2.75) is 12.7 Å². The lowest BCUT2D eigenvalue weighted by Gasteiger charge is -1.99. The first-order valence-electron chi connectivity index (χ1n) is 4.12. The molecule has 0 spiro atoms. The van der Waals surface area contributed by atoms with Crippen LogP contribution in [-0.4, -0.2) is 14.6 Å². The van der Waals surface area contributed by atoms with Gasteiger partial charge in [-0.2, -0.15) is 18.3 Å². The molecular formula is C8H7F3N4. The monoisotopic (exact) mass is 216 g/mol. The maximum absolute atomic E-state index is 12.3. The normalized spacial score (nSPS) is 12.3. The molecule has 2 aromatic heterocycles. The summed E-state index contributed by atoms with van der Waals surface area (Å²) in [6, 6.07) is 0.889. The van der Waals surface area contributed by atoms with Gasteiger partial charge in [-0.15, -0.1) is 0 Å². The molecule has 0 atom stereocenters. The summed E-state index contributed by atoms with van der Waals surface area (Å²) in [6.45, 7) is 0.212. The number of alkyl halides is 3. The predicted molar refractivity (Wildman–Crippen MR) is 45.9 cm³/mol. The minimum Gasteiger partial charge on any atom is -0.326 e. The molecule has 0 saturated carbocycles. The summed E-state index contributed by atoms with van der Waals surface area (Å²) >= 11 is 0. The summed E-state index contributed by atoms with van der Waals surface area (Å²) in [4.78, 5) is 3.81. The Bertz CT molecular complexity index is 488. The molecule has 2 rings (SSSR count). The first-order chi connectivity index (χ1) is 7.00. The number of rotatable bonds is 1. The topological polar surface area (TPSA) is 56.2 Å². The van der Waals surface area contributed by atoms with Gasteiger partial charge in [-0.3, -0.25) is 0 Å². The molecule has 2 heterocycles. The summed E-state index contributed by atoms with van der Waals surface area (Å²) in [5, 5.41) is 3.37. The molecule has 2 aromatic rings. The van der Waals surface area contributed by atoms with Crippen LogP contribution in [0.2, 0.25) is 0 Å². The maximum Gasteiger partial charge on any atom is 0.435 e. The Morgan fingerprint density at radius 3 is 2.73 bits per heavy atom. The van der Waals surface area contributed by atoms with Crippen molar-refractivity contribution < 1.29 is 13.2 Å². The highest BCUT2D eigenvalue weighted by Crippen LogP contribution is 2.28. The largest absolute Gasteiger partial charge is 0.435 e. The maximum atomic E-state index is 12.3. The van der Waals surface area contributed by atoms with Gasteiger partial charge in [0.15, 0.2) is 11.3 Å². The zero-order chi connectivity index (χ0) is 11.1. The number of fused-ring (bicyclic) bond motifs is 1. The van der Waals surface area contributed by atoms with Gasteiger partial charge in [0.1, 0.15) is 0 Å². The molecule has 4 nitrogen and oxygen atoms in total. The van der Waals surface area contributed by atoms with Gasteiger partial charge >= 0.3 is 6.18 Å². The van der Waals surface area contributed by atoms with Crippen LogP contribution in [0.3, 0.4) is 0 Å². The van der Waals surface area contributed by atoms with E-state index in [4.69, 9.17) is 5.73 Å². The smallest absolute Gasteiger partial charge is 0.326 e. The summed E-state index contributed by atoms with van der Waals surface area (Å²) in [7, 11) is 0. The lowest BCUT2D eigenvalue weighted by molar-refractivity contribution is -0.141. The summed E-state index contributed by atoms with van der Waals surface area (Å²) < 4.78 is 37.9. The minimum absolute atomic E-state index is 0.152. The van der Waals surface area contributed by atoms with Gasteiger partial charge in [0.25, 0.3) is 0 Å². The Balaban J connectivity index is 2.56. The SMILES string of the molecule is NCc1cnc2cc(C(F)(F)F)nn2c1. The molecule has 0 unspecified atom stereocenters. The molecular weight excluding hydrogens is 209 g/mol. The molecule has 15 heavy (non-hydrogen) atoms. The van der Waals surface area contributed by atoms with Gasteiger partial charge in [0, 0.05) is 30.6 Å². The van der Waals surface area contributed by atoms with Gasteiger partial charge in [0.2, 0.25) is 0 Å². The third-order valence-electron chi connectivity index (χ3n) is 1.89. The quantitative estimate of drug-likeness (QED) is 0.779. The third kappa shape index (κ3) is 1.78. The van der Waals surface area contributed by atoms with E-state index < -0.39 is 11.9 Å². The molecule has 0 aliphatic heterocycles. The van der Waals surface area contributed by atoms with E-state index in [1.165, 1.54) is 12.4 Å². The van der Waals surface area contributed by atoms with E-state index in [2.05, 4.69) is 10.1 Å². The highest BCUT2D eigenvalue weighted by molar-refractivity contribution is 5.40. The van der Waals surface area contributed by atoms with Crippen LogP contribution < -0.4 is 5.73 Å². The van der Waals surface area contributed by atoms with Crippen LogP contribution in [0.5, 0.6) is 0 Å². The van der Waals surface area contributed by atoms with E-state index in [-0.39, 0.29) is 12.2 Å². The number of nitrogens with two attached hydrogens (primary N) is 1. The Labute approximate surface area is 82.5 Å². The van der Waals surface area contributed by atoms with Crippen LogP contribution >= 0.6 is 0 Å². The van der Waals surface area contributed by atoms with E-state index in [0.717, 1.165) is 10.6 Å². The van der Waals surface area contributed by atoms with Crippen molar-refractivity contribution >= 4 is 5.65 Å². The molecule has 7 heteroatoms. The van der Waals surface area contributed by atoms with Crippen LogP contribution in [0, 0.1) is 0 Å². The van der Waals surface area contributed by atoms with Crippen molar-refractivity contribution in [1.29, 1.82) is 0 Å². The first-order valence-corrected chi connectivity index (χ1v) is 4.12. The fraction of sp³-hybridized carbons (Fsp3) is 0.250. The highest BCUT2D eigenvalue weighted by atomic mass is 19.4. The Hall–Kier alpha value is -1.63. The van der Waals surface area contributed by atoms with Crippen molar-refractivity contribution in [3.05, 3.63) is 29.7 Å². The van der Waals surface area contributed by atoms with Gasteiger partial charge in [-0.25, -0.2) is 9.50 Å². The molecule has 0 saturated heterocycles. The molecule has 0 fully saturated rings. The molecule has 0 radical (unpaired) electrons. The number of halogens is 3. The van der Waals surface area contributed by atoms with E-state index in [0.29, 0.717) is 5.56 Å². The number of aromatic nitrogens is 3. The second-order valence-corrected chi connectivity index (χ2v) is 3.00. The first kappa shape index (κ1) is 9.91. The fourth-order valence-corrected chi connectivity index (χ4v) is 1.16. The molecule has 0 amide bonds. The summed E-state index contributed by atoms with van der Waals surface area (Å²) in [5.74, 6) is 0. The second kappa shape index (κ2) is 3.20. The van der Waals surface area contributed by atoms with E-state index in [1.54, 1.807) is 0 Å². The predicted octanol–water partition coefficient (Wildman–Crippen LogP) is 1.21. The van der Waals surface area contributed by atoms with Crippen molar-refractivity contribution in [2.75, 3.05) is 0 Å². The lowest BCUT2D eigenvalue weighted by Crippen LogP contribution is -2.06. The fourth-order valence-electron chi connectivity index (χ4n) is 1.16. The van der Waals surface area contributed by atoms with Crippen LogP contribution in [0.4, 0.5) is 13.2 Å². The van der Waals surface area contributed by atoms with Crippen molar-refractivity contribution in [3.63, 3.8) is 0 Å². The molecule has 0 aliphatic rings. The Morgan fingerprint density at radius 1 is 1.40 bits per heavy atom. The summed E-state index contributed by atoms with van der Waals surface area (Å²) in [5.41, 5.74) is 5.15. The van der Waals surface area contributed by atoms with Crippen LogP contribution in [-0.2, 0) is 12.7 Å². The number of hydrogen-bond donors (Lipinski definition) is 1. The van der Waals surface area contributed by atoms with Crippen LogP contribution in [0.25, 0.3) is 5.65 Å². The van der Waals surface area contributed by atoms with Gasteiger partial charge in [0.05, 0.1) is 0 Å². The number of nitrogens with zero attached hydrogens (tertiary/aromatic N) is 3. The van der Waals surface area contributed by atoms with E-state index >= 15 is 0 Å². The average molecular weight is 216 g/mol. The molecule has 80 valence electrons. The van der Waals surface area contributed by atoms with Crippen LogP contribution in [0.15, 0.2) is 18.5 Å². The molecule has 0 bridgehead atoms. The molecule has 2 N–H and O–H groups in total. The van der Waals surface area contributed by atoms with Crippen LogP contribution in [0.1, 0.15) is 11.3 Å². The Morgan fingerprint density at radius 2 is 2.13 bits per heavy atom. The van der Waals surface area contributed by atoms with Gasteiger partial charge < -0.3 is 5.73 Å². The van der Waals surface area contributed by atoms with E-state index in [9.17, 15) is 13.2 Å². The van der Waals surface area contributed by atoms with Crippen molar-refractivity contribution in [3.8, 4) is 0 Å². The third-order valence-corrected chi connectivity index (χ3v) is 1.89. The zero-order valence-electron chi connectivity index (χ0n) is 7.49. The van der Waals surface area contributed by atoms with Gasteiger partial charge in [-0.05, 0) is 0 Å². The van der Waals surface area contributed by atoms with Crippen molar-refractivity contribution in [2.24, 2.45) is 5.73 Å². The van der Waals surface area contributed by atoms with Crippen molar-refractivity contribution in [1.82, 2.24) is 14.6 Å². The molecule has 0 aromatic carbocycles. The van der Waals surface area contributed by atoms with E-state index in [1.807, 2.05) is 0 Å². The summed E-state index contributed by atoms with van der Waals surface area (Å²) in [6.07, 6.45) is -1.59. The standard InChI is InChI=1S/C8H7F3N4/c9-8(10,11)6-1-7-13-3-5(2-12)4-15(7)14-6/h1,3-4H,2,12H2.